The van der Waals surface area contributed by atoms with Gasteiger partial charge in [-0.1, -0.05) is 15.9 Å². The van der Waals surface area contributed by atoms with Crippen molar-refractivity contribution in [2.24, 2.45) is 0 Å². The van der Waals surface area contributed by atoms with Crippen LogP contribution in [0.25, 0.3) is 0 Å². The summed E-state index contributed by atoms with van der Waals surface area (Å²) in [5, 5.41) is 11.5. The van der Waals surface area contributed by atoms with Gasteiger partial charge >= 0.3 is 0 Å². The highest BCUT2D eigenvalue weighted by Gasteiger charge is 2.22. The summed E-state index contributed by atoms with van der Waals surface area (Å²) >= 11 is 3.24. The molecular weight excluding hydrogens is 330 g/mol. The first-order valence-corrected chi connectivity index (χ1v) is 7.43. The molecule has 0 spiro atoms. The van der Waals surface area contributed by atoms with E-state index in [0.717, 1.165) is 19.4 Å². The molecule has 0 radical (unpaired) electrons. The van der Waals surface area contributed by atoms with Crippen molar-refractivity contribution in [1.82, 2.24) is 0 Å². The van der Waals surface area contributed by atoms with E-state index in [1.807, 2.05) is 0 Å². The first-order chi connectivity index (χ1) is 9.65. The van der Waals surface area contributed by atoms with Crippen LogP contribution in [0.3, 0.4) is 0 Å². The number of hydrogen-bond donors (Lipinski definition) is 0. The van der Waals surface area contributed by atoms with Gasteiger partial charge in [0.1, 0.15) is 6.10 Å². The third kappa shape index (κ3) is 3.40. The normalized spacial score (nSPS) is 18.6. The molecule has 1 heterocycles. The number of halogens is 1. The summed E-state index contributed by atoms with van der Waals surface area (Å²) in [4.78, 5) is 10.7. The Morgan fingerprint density at radius 2 is 2.30 bits per heavy atom. The van der Waals surface area contributed by atoms with E-state index >= 15 is 0 Å². The predicted molar refractivity (Wildman–Crippen MR) is 76.7 cm³/mol. The van der Waals surface area contributed by atoms with Crippen molar-refractivity contribution in [3.63, 3.8) is 0 Å². The number of alkyl halides is 1. The molecule has 1 aromatic carbocycles. The Bertz CT molecular complexity index is 488. The van der Waals surface area contributed by atoms with Crippen molar-refractivity contribution in [2.75, 3.05) is 20.3 Å². The van der Waals surface area contributed by atoms with Gasteiger partial charge in [-0.2, -0.15) is 0 Å². The van der Waals surface area contributed by atoms with Gasteiger partial charge in [-0.25, -0.2) is 0 Å². The molecular formula is C13H16BrNO5. The summed E-state index contributed by atoms with van der Waals surface area (Å²) in [7, 11) is 1.52. The molecule has 0 bridgehead atoms. The van der Waals surface area contributed by atoms with Gasteiger partial charge in [0, 0.05) is 17.5 Å². The van der Waals surface area contributed by atoms with Crippen molar-refractivity contribution < 1.29 is 19.1 Å². The summed E-state index contributed by atoms with van der Waals surface area (Å²) < 4.78 is 16.4. The van der Waals surface area contributed by atoms with E-state index in [1.165, 1.54) is 13.2 Å². The van der Waals surface area contributed by atoms with Crippen LogP contribution in [0.4, 0.5) is 5.69 Å². The van der Waals surface area contributed by atoms with Gasteiger partial charge in [-0.15, -0.1) is 0 Å². The van der Waals surface area contributed by atoms with Gasteiger partial charge in [0.25, 0.3) is 5.69 Å². The molecule has 1 fully saturated rings. The van der Waals surface area contributed by atoms with Crippen LogP contribution in [-0.4, -0.2) is 31.4 Å². The molecule has 20 heavy (non-hydrogen) atoms. The van der Waals surface area contributed by atoms with E-state index in [9.17, 15) is 10.1 Å². The Hall–Kier alpha value is -1.34. The fourth-order valence-electron chi connectivity index (χ4n) is 2.10. The number of benzene rings is 1. The Morgan fingerprint density at radius 1 is 1.50 bits per heavy atom. The highest BCUT2D eigenvalue weighted by Crippen LogP contribution is 2.36. The summed E-state index contributed by atoms with van der Waals surface area (Å²) in [5.74, 6) is 0.884. The standard InChI is InChI=1S/C13H16BrNO5/c1-18-12-5-9(7-14)11(15(16)17)6-13(12)20-10-3-2-4-19-8-10/h5-6,10H,2-4,7-8H2,1H3. The Kier molecular flexibility index (Phi) is 5.19. The number of nitrogens with zero attached hydrogens (tertiary/aromatic N) is 1. The minimum atomic E-state index is -0.416. The minimum Gasteiger partial charge on any atom is -0.493 e. The zero-order chi connectivity index (χ0) is 14.5. The lowest BCUT2D eigenvalue weighted by molar-refractivity contribution is -0.385. The maximum Gasteiger partial charge on any atom is 0.277 e. The molecule has 1 aliphatic heterocycles. The van der Waals surface area contributed by atoms with Gasteiger partial charge < -0.3 is 14.2 Å². The molecule has 0 aromatic heterocycles. The smallest absolute Gasteiger partial charge is 0.277 e. The molecule has 0 N–H and O–H groups in total. The zero-order valence-electron chi connectivity index (χ0n) is 11.1. The Morgan fingerprint density at radius 3 is 2.85 bits per heavy atom. The number of methoxy groups -OCH3 is 1. The number of nitro groups is 1. The van der Waals surface area contributed by atoms with E-state index in [2.05, 4.69) is 15.9 Å². The topological polar surface area (TPSA) is 70.8 Å². The average Bonchev–Trinajstić information content (AvgIpc) is 2.47. The third-order valence-corrected chi connectivity index (χ3v) is 3.72. The van der Waals surface area contributed by atoms with Crippen molar-refractivity contribution in [3.05, 3.63) is 27.8 Å². The van der Waals surface area contributed by atoms with Crippen LogP contribution in [0.1, 0.15) is 18.4 Å². The first-order valence-electron chi connectivity index (χ1n) is 6.31. The van der Waals surface area contributed by atoms with Gasteiger partial charge in [0.2, 0.25) is 0 Å². The van der Waals surface area contributed by atoms with Crippen molar-refractivity contribution in [2.45, 2.75) is 24.3 Å². The molecule has 0 aliphatic carbocycles. The van der Waals surface area contributed by atoms with E-state index in [1.54, 1.807) is 6.07 Å². The van der Waals surface area contributed by atoms with Crippen molar-refractivity contribution in [3.8, 4) is 11.5 Å². The molecule has 7 heteroatoms. The van der Waals surface area contributed by atoms with Crippen LogP contribution in [0.15, 0.2) is 12.1 Å². The van der Waals surface area contributed by atoms with Crippen molar-refractivity contribution in [1.29, 1.82) is 0 Å². The molecule has 1 aliphatic rings. The minimum absolute atomic E-state index is 0.0226. The van der Waals surface area contributed by atoms with Crippen LogP contribution >= 0.6 is 15.9 Å². The third-order valence-electron chi connectivity index (χ3n) is 3.12. The summed E-state index contributed by atoms with van der Waals surface area (Å²) in [6.07, 6.45) is 1.71. The maximum absolute atomic E-state index is 11.1. The van der Waals surface area contributed by atoms with Crippen LogP contribution in [0.5, 0.6) is 11.5 Å². The lowest BCUT2D eigenvalue weighted by Crippen LogP contribution is -2.28. The average molecular weight is 346 g/mol. The number of hydrogen-bond acceptors (Lipinski definition) is 5. The van der Waals surface area contributed by atoms with Crippen molar-refractivity contribution >= 4 is 21.6 Å². The Labute approximate surface area is 125 Å². The van der Waals surface area contributed by atoms with Gasteiger partial charge in [-0.3, -0.25) is 10.1 Å². The molecule has 0 saturated carbocycles. The van der Waals surface area contributed by atoms with Gasteiger partial charge in [-0.05, 0) is 18.9 Å². The first kappa shape index (κ1) is 15.1. The fourth-order valence-corrected chi connectivity index (χ4v) is 2.55. The van der Waals surface area contributed by atoms with Crippen LogP contribution in [0, 0.1) is 10.1 Å². The summed E-state index contributed by atoms with van der Waals surface area (Å²) in [6.45, 7) is 1.23. The highest BCUT2D eigenvalue weighted by molar-refractivity contribution is 9.08. The maximum atomic E-state index is 11.1. The van der Waals surface area contributed by atoms with Crippen LogP contribution < -0.4 is 9.47 Å². The molecule has 1 unspecified atom stereocenters. The fraction of sp³-hybridized carbons (Fsp3) is 0.538. The number of ether oxygens (including phenoxy) is 3. The zero-order valence-corrected chi connectivity index (χ0v) is 12.7. The molecule has 0 amide bonds. The van der Waals surface area contributed by atoms with Crippen LogP contribution in [0.2, 0.25) is 0 Å². The lowest BCUT2D eigenvalue weighted by atomic mass is 10.1. The molecule has 110 valence electrons. The quantitative estimate of drug-likeness (QED) is 0.466. The second-order valence-electron chi connectivity index (χ2n) is 4.48. The summed E-state index contributed by atoms with van der Waals surface area (Å²) in [6, 6.07) is 3.05. The van der Waals surface area contributed by atoms with Gasteiger partial charge in [0.15, 0.2) is 11.5 Å². The predicted octanol–water partition coefficient (Wildman–Crippen LogP) is 3.06. The molecule has 1 aromatic rings. The highest BCUT2D eigenvalue weighted by atomic mass is 79.9. The SMILES string of the molecule is COc1cc(CBr)c([N+](=O)[O-])cc1OC1CCCOC1. The van der Waals surface area contributed by atoms with E-state index in [0.29, 0.717) is 29.0 Å². The van der Waals surface area contributed by atoms with E-state index in [4.69, 9.17) is 14.2 Å². The lowest BCUT2D eigenvalue weighted by Gasteiger charge is -2.24. The second-order valence-corrected chi connectivity index (χ2v) is 5.04. The molecule has 6 nitrogen and oxygen atoms in total. The van der Waals surface area contributed by atoms with Crippen LogP contribution in [-0.2, 0) is 10.1 Å². The number of rotatable bonds is 5. The van der Waals surface area contributed by atoms with Gasteiger partial charge in [0.05, 0.1) is 24.7 Å². The molecule has 1 saturated heterocycles. The largest absolute Gasteiger partial charge is 0.493 e. The monoisotopic (exact) mass is 345 g/mol. The van der Waals surface area contributed by atoms with E-state index in [-0.39, 0.29) is 11.8 Å². The molecule has 1 atom stereocenters. The number of nitro benzene ring substituents is 1. The summed E-state index contributed by atoms with van der Waals surface area (Å²) in [5.41, 5.74) is 0.577. The molecule has 2 rings (SSSR count). The van der Waals surface area contributed by atoms with E-state index < -0.39 is 4.92 Å². The second kappa shape index (κ2) is 6.90. The Balaban J connectivity index is 2.29.